The van der Waals surface area contributed by atoms with Crippen LogP contribution >= 0.6 is 0 Å². The second-order valence-corrected chi connectivity index (χ2v) is 8.99. The Bertz CT molecular complexity index is 1150. The molecule has 6 heteroatoms. The summed E-state index contributed by atoms with van der Waals surface area (Å²) in [4.78, 5) is 0. The molecule has 0 N–H and O–H groups in total. The van der Waals surface area contributed by atoms with E-state index in [0.29, 0.717) is 43.3 Å². The lowest BCUT2D eigenvalue weighted by Gasteiger charge is -2.28. The number of rotatable bonds is 8. The standard InChI is InChI=1S/C29H30F4O2/c1-3-21-11-6-18(17-35-21)5-7-20-10-14-24(28(32)26(20)30)25-16-15-23(27(31)29(25)33)19-8-12-22(13-9-19)34-4-2/h8-10,12-16,18,21H,3-7,11,17H2,1-2H3. The zero-order chi connectivity index (χ0) is 24.9. The van der Waals surface area contributed by atoms with E-state index in [0.717, 1.165) is 19.3 Å². The molecule has 2 nitrogen and oxygen atoms in total. The summed E-state index contributed by atoms with van der Waals surface area (Å²) >= 11 is 0. The van der Waals surface area contributed by atoms with Crippen molar-refractivity contribution >= 4 is 0 Å². The van der Waals surface area contributed by atoms with Gasteiger partial charge in [-0.3, -0.25) is 0 Å². The average molecular weight is 487 g/mol. The van der Waals surface area contributed by atoms with Crippen LogP contribution in [-0.2, 0) is 11.2 Å². The van der Waals surface area contributed by atoms with Gasteiger partial charge < -0.3 is 9.47 Å². The first kappa shape index (κ1) is 25.2. The van der Waals surface area contributed by atoms with Crippen LogP contribution in [0, 0.1) is 29.2 Å². The number of halogens is 4. The molecule has 3 aromatic carbocycles. The highest BCUT2D eigenvalue weighted by molar-refractivity contribution is 5.72. The number of benzene rings is 3. The van der Waals surface area contributed by atoms with Crippen molar-refractivity contribution in [1.29, 1.82) is 0 Å². The Morgan fingerprint density at radius 3 is 2.03 bits per heavy atom. The quantitative estimate of drug-likeness (QED) is 0.299. The molecule has 186 valence electrons. The van der Waals surface area contributed by atoms with Crippen LogP contribution in [0.2, 0.25) is 0 Å². The topological polar surface area (TPSA) is 18.5 Å². The number of hydrogen-bond donors (Lipinski definition) is 0. The molecule has 1 saturated heterocycles. The lowest BCUT2D eigenvalue weighted by molar-refractivity contribution is -0.0190. The van der Waals surface area contributed by atoms with Crippen LogP contribution in [0.4, 0.5) is 17.6 Å². The van der Waals surface area contributed by atoms with Gasteiger partial charge in [0.05, 0.1) is 12.7 Å². The van der Waals surface area contributed by atoms with Crippen LogP contribution in [0.1, 0.15) is 45.1 Å². The summed E-state index contributed by atoms with van der Waals surface area (Å²) in [5, 5.41) is 0. The van der Waals surface area contributed by atoms with Crippen molar-refractivity contribution in [2.24, 2.45) is 5.92 Å². The van der Waals surface area contributed by atoms with Gasteiger partial charge in [-0.1, -0.05) is 43.3 Å². The van der Waals surface area contributed by atoms with Crippen molar-refractivity contribution in [3.8, 4) is 28.0 Å². The summed E-state index contributed by atoms with van der Waals surface area (Å²) in [6, 6.07) is 12.0. The molecule has 1 fully saturated rings. The van der Waals surface area contributed by atoms with E-state index in [1.165, 1.54) is 24.3 Å². The van der Waals surface area contributed by atoms with E-state index in [1.54, 1.807) is 24.3 Å². The summed E-state index contributed by atoms with van der Waals surface area (Å²) in [6.45, 7) is 5.06. The van der Waals surface area contributed by atoms with Crippen molar-refractivity contribution in [2.75, 3.05) is 13.2 Å². The summed E-state index contributed by atoms with van der Waals surface area (Å²) < 4.78 is 70.9. The summed E-state index contributed by atoms with van der Waals surface area (Å²) in [5.74, 6) is -3.58. The van der Waals surface area contributed by atoms with Crippen LogP contribution in [-0.4, -0.2) is 19.3 Å². The molecule has 0 aromatic heterocycles. The van der Waals surface area contributed by atoms with Gasteiger partial charge in [-0.05, 0) is 68.2 Å². The maximum Gasteiger partial charge on any atom is 0.167 e. The largest absolute Gasteiger partial charge is 0.494 e. The van der Waals surface area contributed by atoms with E-state index in [4.69, 9.17) is 9.47 Å². The van der Waals surface area contributed by atoms with Crippen molar-refractivity contribution in [3.05, 3.63) is 77.4 Å². The molecule has 1 heterocycles. The Labute approximate surface area is 203 Å². The monoisotopic (exact) mass is 486 g/mol. The minimum absolute atomic E-state index is 0.0341. The normalized spacial score (nSPS) is 18.0. The fourth-order valence-electron chi connectivity index (χ4n) is 4.64. The van der Waals surface area contributed by atoms with E-state index in [2.05, 4.69) is 6.92 Å². The molecule has 0 amide bonds. The first-order valence-electron chi connectivity index (χ1n) is 12.2. The van der Waals surface area contributed by atoms with Crippen LogP contribution in [0.5, 0.6) is 5.75 Å². The minimum atomic E-state index is -1.22. The molecule has 4 rings (SSSR count). The van der Waals surface area contributed by atoms with Crippen LogP contribution in [0.25, 0.3) is 22.3 Å². The zero-order valence-corrected chi connectivity index (χ0v) is 20.1. The van der Waals surface area contributed by atoms with Crippen molar-refractivity contribution in [2.45, 2.75) is 52.1 Å². The van der Waals surface area contributed by atoms with Crippen molar-refractivity contribution in [3.63, 3.8) is 0 Å². The second kappa shape index (κ2) is 11.3. The Morgan fingerprint density at radius 1 is 0.771 bits per heavy atom. The van der Waals surface area contributed by atoms with Crippen LogP contribution < -0.4 is 4.74 Å². The molecule has 3 aromatic rings. The molecular weight excluding hydrogens is 456 g/mol. The van der Waals surface area contributed by atoms with Gasteiger partial charge in [0, 0.05) is 23.3 Å². The van der Waals surface area contributed by atoms with Gasteiger partial charge in [-0.25, -0.2) is 17.6 Å². The Balaban J connectivity index is 1.52. The first-order chi connectivity index (χ1) is 16.9. The molecule has 1 aliphatic rings. The lowest BCUT2D eigenvalue weighted by atomic mass is 9.91. The Morgan fingerprint density at radius 2 is 1.40 bits per heavy atom. The molecule has 1 aliphatic heterocycles. The van der Waals surface area contributed by atoms with Gasteiger partial charge in [-0.15, -0.1) is 0 Å². The SMILES string of the molecule is CCOc1ccc(-c2ccc(-c3ccc(CCC4CCC(CC)OC4)c(F)c3F)c(F)c2F)cc1. The fourth-order valence-corrected chi connectivity index (χ4v) is 4.64. The van der Waals surface area contributed by atoms with E-state index in [-0.39, 0.29) is 28.4 Å². The third-order valence-corrected chi connectivity index (χ3v) is 6.75. The highest BCUT2D eigenvalue weighted by Gasteiger charge is 2.23. The van der Waals surface area contributed by atoms with E-state index < -0.39 is 23.3 Å². The lowest BCUT2D eigenvalue weighted by Crippen LogP contribution is -2.25. The van der Waals surface area contributed by atoms with E-state index in [1.807, 2.05) is 6.92 Å². The van der Waals surface area contributed by atoms with E-state index in [9.17, 15) is 17.6 Å². The molecular formula is C29H30F4O2. The maximum atomic E-state index is 15.0. The van der Waals surface area contributed by atoms with Gasteiger partial charge in [-0.2, -0.15) is 0 Å². The molecule has 0 aliphatic carbocycles. The highest BCUT2D eigenvalue weighted by Crippen LogP contribution is 2.35. The number of hydrogen-bond acceptors (Lipinski definition) is 2. The van der Waals surface area contributed by atoms with Gasteiger partial charge in [0.25, 0.3) is 0 Å². The molecule has 0 radical (unpaired) electrons. The fraction of sp³-hybridized carbons (Fsp3) is 0.379. The third-order valence-electron chi connectivity index (χ3n) is 6.75. The number of ether oxygens (including phenoxy) is 2. The minimum Gasteiger partial charge on any atom is -0.494 e. The molecule has 0 spiro atoms. The Kier molecular flexibility index (Phi) is 8.11. The molecule has 0 saturated carbocycles. The highest BCUT2D eigenvalue weighted by atomic mass is 19.2. The second-order valence-electron chi connectivity index (χ2n) is 8.99. The summed E-state index contributed by atoms with van der Waals surface area (Å²) in [6.07, 6.45) is 4.30. The third kappa shape index (κ3) is 5.53. The predicted molar refractivity (Wildman–Crippen MR) is 129 cm³/mol. The maximum absolute atomic E-state index is 15.0. The summed E-state index contributed by atoms with van der Waals surface area (Å²) in [7, 11) is 0. The summed E-state index contributed by atoms with van der Waals surface area (Å²) in [5.41, 5.74) is 0.108. The van der Waals surface area contributed by atoms with E-state index >= 15 is 0 Å². The van der Waals surface area contributed by atoms with Crippen LogP contribution in [0.15, 0.2) is 48.5 Å². The van der Waals surface area contributed by atoms with Gasteiger partial charge in [0.2, 0.25) is 0 Å². The molecule has 35 heavy (non-hydrogen) atoms. The first-order valence-corrected chi connectivity index (χ1v) is 12.2. The smallest absolute Gasteiger partial charge is 0.167 e. The predicted octanol–water partition coefficient (Wildman–Crippen LogP) is 8.11. The van der Waals surface area contributed by atoms with Gasteiger partial charge in [0.1, 0.15) is 5.75 Å². The molecule has 2 atom stereocenters. The number of aryl methyl sites for hydroxylation is 1. The zero-order valence-electron chi connectivity index (χ0n) is 20.1. The van der Waals surface area contributed by atoms with Gasteiger partial charge >= 0.3 is 0 Å². The van der Waals surface area contributed by atoms with Gasteiger partial charge in [0.15, 0.2) is 23.3 Å². The average Bonchev–Trinajstić information content (AvgIpc) is 2.88. The van der Waals surface area contributed by atoms with Crippen molar-refractivity contribution in [1.82, 2.24) is 0 Å². The Hall–Kier alpha value is -2.86. The van der Waals surface area contributed by atoms with Crippen LogP contribution in [0.3, 0.4) is 0 Å². The molecule has 0 bridgehead atoms. The van der Waals surface area contributed by atoms with Crippen molar-refractivity contribution < 1.29 is 27.0 Å². The molecule has 2 unspecified atom stereocenters.